The standard InChI is InChI=1S/C11H23N3O4S/c1-12(2)9-11(15)3-4-14(10-11)19(16,17)13-5-7-18-8-6-13/h15H,3-10H2,1-2H3/t11-/m0/s1. The SMILES string of the molecule is CN(C)C[C@@]1(O)CCN(S(=O)(=O)N2CCOCC2)C1. The van der Waals surface area contributed by atoms with E-state index in [1.54, 1.807) is 0 Å². The van der Waals surface area contributed by atoms with Gasteiger partial charge in [0.15, 0.2) is 0 Å². The number of hydrogen-bond acceptors (Lipinski definition) is 5. The molecule has 0 aromatic rings. The summed E-state index contributed by atoms with van der Waals surface area (Å²) in [6.45, 7) is 2.69. The lowest BCUT2D eigenvalue weighted by Crippen LogP contribution is -2.50. The molecule has 2 rings (SSSR count). The molecule has 0 aromatic heterocycles. The molecule has 0 spiro atoms. The van der Waals surface area contributed by atoms with E-state index in [2.05, 4.69) is 0 Å². The molecule has 0 saturated carbocycles. The summed E-state index contributed by atoms with van der Waals surface area (Å²) in [5.74, 6) is 0. The van der Waals surface area contributed by atoms with Gasteiger partial charge in [-0.2, -0.15) is 17.0 Å². The van der Waals surface area contributed by atoms with Crippen molar-refractivity contribution in [3.05, 3.63) is 0 Å². The van der Waals surface area contributed by atoms with E-state index in [-0.39, 0.29) is 6.54 Å². The lowest BCUT2D eigenvalue weighted by Gasteiger charge is -2.31. The van der Waals surface area contributed by atoms with Gasteiger partial charge in [0.2, 0.25) is 0 Å². The Morgan fingerprint density at radius 2 is 1.84 bits per heavy atom. The van der Waals surface area contributed by atoms with Crippen LogP contribution in [0.15, 0.2) is 0 Å². The molecule has 2 aliphatic heterocycles. The minimum absolute atomic E-state index is 0.171. The first-order chi connectivity index (χ1) is 8.83. The van der Waals surface area contributed by atoms with Gasteiger partial charge in [0.05, 0.1) is 18.8 Å². The van der Waals surface area contributed by atoms with Crippen molar-refractivity contribution < 1.29 is 18.3 Å². The molecule has 8 heteroatoms. The fraction of sp³-hybridized carbons (Fsp3) is 1.00. The summed E-state index contributed by atoms with van der Waals surface area (Å²) < 4.78 is 32.9. The van der Waals surface area contributed by atoms with Gasteiger partial charge in [-0.15, -0.1) is 0 Å². The van der Waals surface area contributed by atoms with Crippen LogP contribution in [0.5, 0.6) is 0 Å². The third-order valence-electron chi connectivity index (χ3n) is 3.53. The number of hydrogen-bond donors (Lipinski definition) is 1. The van der Waals surface area contributed by atoms with Gasteiger partial charge < -0.3 is 14.7 Å². The number of aliphatic hydroxyl groups is 1. The molecule has 1 N–H and O–H groups in total. The van der Waals surface area contributed by atoms with Crippen LogP contribution in [0.3, 0.4) is 0 Å². The van der Waals surface area contributed by atoms with Crippen molar-refractivity contribution in [1.29, 1.82) is 0 Å². The van der Waals surface area contributed by atoms with Gasteiger partial charge in [0.1, 0.15) is 0 Å². The van der Waals surface area contributed by atoms with Crippen molar-refractivity contribution in [2.45, 2.75) is 12.0 Å². The topological polar surface area (TPSA) is 73.3 Å². The first-order valence-corrected chi connectivity index (χ1v) is 7.93. The summed E-state index contributed by atoms with van der Waals surface area (Å²) in [5.41, 5.74) is -0.942. The average Bonchev–Trinajstić information content (AvgIpc) is 2.72. The molecular formula is C11H23N3O4S. The van der Waals surface area contributed by atoms with Crippen LogP contribution in [-0.4, -0.2) is 92.7 Å². The van der Waals surface area contributed by atoms with Gasteiger partial charge in [0.25, 0.3) is 10.2 Å². The Kier molecular flexibility index (Phi) is 4.49. The van der Waals surface area contributed by atoms with Crippen molar-refractivity contribution in [3.63, 3.8) is 0 Å². The van der Waals surface area contributed by atoms with Crippen LogP contribution in [0.25, 0.3) is 0 Å². The van der Waals surface area contributed by atoms with E-state index in [1.165, 1.54) is 8.61 Å². The molecule has 1 atom stereocenters. The highest BCUT2D eigenvalue weighted by Gasteiger charge is 2.43. The van der Waals surface area contributed by atoms with E-state index >= 15 is 0 Å². The minimum atomic E-state index is -3.46. The van der Waals surface area contributed by atoms with Gasteiger partial charge in [-0.25, -0.2) is 0 Å². The molecule has 2 saturated heterocycles. The fourth-order valence-corrected chi connectivity index (χ4v) is 4.34. The zero-order valence-corrected chi connectivity index (χ0v) is 12.4. The Hall–Kier alpha value is -0.250. The summed E-state index contributed by atoms with van der Waals surface area (Å²) >= 11 is 0. The van der Waals surface area contributed by atoms with Gasteiger partial charge in [-0.1, -0.05) is 0 Å². The first-order valence-electron chi connectivity index (χ1n) is 6.54. The molecule has 0 amide bonds. The summed E-state index contributed by atoms with van der Waals surface area (Å²) in [6.07, 6.45) is 0.481. The number of β-amino-alcohol motifs (C(OH)–C–C–N with tert-alkyl or cyclic N) is 1. The number of ether oxygens (including phenoxy) is 1. The van der Waals surface area contributed by atoms with Crippen LogP contribution < -0.4 is 0 Å². The zero-order valence-electron chi connectivity index (χ0n) is 11.6. The number of morpholine rings is 1. The molecular weight excluding hydrogens is 270 g/mol. The zero-order chi connectivity index (χ0) is 14.1. The molecule has 0 aliphatic carbocycles. The molecule has 0 radical (unpaired) electrons. The Morgan fingerprint density at radius 1 is 1.21 bits per heavy atom. The Bertz CT molecular complexity index is 408. The summed E-state index contributed by atoms with van der Waals surface area (Å²) in [7, 11) is 0.284. The van der Waals surface area contributed by atoms with Crippen molar-refractivity contribution >= 4 is 10.2 Å². The smallest absolute Gasteiger partial charge is 0.282 e. The molecule has 19 heavy (non-hydrogen) atoms. The molecule has 112 valence electrons. The fourth-order valence-electron chi connectivity index (χ4n) is 2.67. The molecule has 2 heterocycles. The maximum atomic E-state index is 12.4. The average molecular weight is 293 g/mol. The van der Waals surface area contributed by atoms with Crippen LogP contribution >= 0.6 is 0 Å². The van der Waals surface area contributed by atoms with Gasteiger partial charge in [-0.05, 0) is 20.5 Å². The van der Waals surface area contributed by atoms with E-state index in [1.807, 2.05) is 19.0 Å². The van der Waals surface area contributed by atoms with Crippen LogP contribution in [0.2, 0.25) is 0 Å². The van der Waals surface area contributed by atoms with E-state index in [0.717, 1.165) is 0 Å². The highest BCUT2D eigenvalue weighted by Crippen LogP contribution is 2.26. The third-order valence-corrected chi connectivity index (χ3v) is 5.51. The van der Waals surface area contributed by atoms with Crippen molar-refractivity contribution in [1.82, 2.24) is 13.5 Å². The second-order valence-corrected chi connectivity index (χ2v) is 7.49. The monoisotopic (exact) mass is 293 g/mol. The normalized spacial score (nSPS) is 31.2. The highest BCUT2D eigenvalue weighted by molar-refractivity contribution is 7.86. The van der Waals surface area contributed by atoms with Crippen molar-refractivity contribution in [2.24, 2.45) is 0 Å². The molecule has 7 nitrogen and oxygen atoms in total. The van der Waals surface area contributed by atoms with Crippen molar-refractivity contribution in [3.8, 4) is 0 Å². The summed E-state index contributed by atoms with van der Waals surface area (Å²) in [4.78, 5) is 1.88. The second kappa shape index (κ2) is 5.63. The molecule has 0 unspecified atom stereocenters. The summed E-state index contributed by atoms with van der Waals surface area (Å²) in [6, 6.07) is 0. The third kappa shape index (κ3) is 3.45. The molecule has 2 aliphatic rings. The Morgan fingerprint density at radius 3 is 2.42 bits per heavy atom. The van der Waals surface area contributed by atoms with E-state index < -0.39 is 15.8 Å². The van der Waals surface area contributed by atoms with Crippen LogP contribution in [0.4, 0.5) is 0 Å². The number of rotatable bonds is 4. The van der Waals surface area contributed by atoms with Crippen LogP contribution in [0, 0.1) is 0 Å². The second-order valence-electron chi connectivity index (χ2n) is 5.56. The molecule has 2 fully saturated rings. The van der Waals surface area contributed by atoms with Gasteiger partial charge in [-0.3, -0.25) is 0 Å². The highest BCUT2D eigenvalue weighted by atomic mass is 32.2. The van der Waals surface area contributed by atoms with E-state index in [0.29, 0.717) is 45.8 Å². The summed E-state index contributed by atoms with van der Waals surface area (Å²) in [5, 5.41) is 10.4. The number of nitrogens with zero attached hydrogens (tertiary/aromatic N) is 3. The number of likely N-dealkylation sites (N-methyl/N-ethyl adjacent to an activating group) is 1. The maximum Gasteiger partial charge on any atom is 0.282 e. The predicted molar refractivity (Wildman–Crippen MR) is 71.0 cm³/mol. The van der Waals surface area contributed by atoms with E-state index in [4.69, 9.17) is 4.74 Å². The van der Waals surface area contributed by atoms with Crippen LogP contribution in [0.1, 0.15) is 6.42 Å². The molecule has 0 bridgehead atoms. The Labute approximate surface area is 114 Å². The van der Waals surface area contributed by atoms with Gasteiger partial charge >= 0.3 is 0 Å². The first kappa shape index (κ1) is 15.1. The molecule has 0 aromatic carbocycles. The van der Waals surface area contributed by atoms with Crippen molar-refractivity contribution in [2.75, 3.05) is 60.0 Å². The lowest BCUT2D eigenvalue weighted by molar-refractivity contribution is 0.0291. The maximum absolute atomic E-state index is 12.4. The quantitative estimate of drug-likeness (QED) is 0.687. The lowest BCUT2D eigenvalue weighted by atomic mass is 10.0. The van der Waals surface area contributed by atoms with Gasteiger partial charge in [0, 0.05) is 32.7 Å². The minimum Gasteiger partial charge on any atom is -0.387 e. The van der Waals surface area contributed by atoms with Crippen LogP contribution in [-0.2, 0) is 14.9 Å². The Balaban J connectivity index is 2.03. The predicted octanol–water partition coefficient (Wildman–Crippen LogP) is -1.44. The van der Waals surface area contributed by atoms with E-state index in [9.17, 15) is 13.5 Å². The largest absolute Gasteiger partial charge is 0.387 e.